The summed E-state index contributed by atoms with van der Waals surface area (Å²) in [6.45, 7) is 1.12. The van der Waals surface area contributed by atoms with Crippen LogP contribution in [-0.4, -0.2) is 30.2 Å². The number of hydrogen-bond acceptors (Lipinski definition) is 4. The normalized spacial score (nSPS) is 17.0. The fourth-order valence-electron chi connectivity index (χ4n) is 3.03. The molecule has 21 heavy (non-hydrogen) atoms. The van der Waals surface area contributed by atoms with Gasteiger partial charge in [-0.2, -0.15) is 0 Å². The quantitative estimate of drug-likeness (QED) is 0.809. The van der Waals surface area contributed by atoms with Crippen molar-refractivity contribution in [3.05, 3.63) is 24.4 Å². The number of fused-ring (bicyclic) bond motifs is 2. The summed E-state index contributed by atoms with van der Waals surface area (Å²) in [4.78, 5) is 6.97. The molecule has 0 radical (unpaired) electrons. The number of anilines is 1. The van der Waals surface area contributed by atoms with Gasteiger partial charge in [0.15, 0.2) is 11.5 Å². The molecule has 0 unspecified atom stereocenters. The van der Waals surface area contributed by atoms with Crippen molar-refractivity contribution < 1.29 is 9.47 Å². The van der Waals surface area contributed by atoms with Gasteiger partial charge < -0.3 is 14.4 Å². The molecule has 2 aromatic rings. The van der Waals surface area contributed by atoms with Crippen LogP contribution < -0.4 is 14.4 Å². The number of benzene rings is 1. The molecule has 0 saturated heterocycles. The Morgan fingerprint density at radius 3 is 2.76 bits per heavy atom. The van der Waals surface area contributed by atoms with Gasteiger partial charge >= 0.3 is 0 Å². The highest BCUT2D eigenvalue weighted by molar-refractivity contribution is 6.18. The van der Waals surface area contributed by atoms with Crippen LogP contribution in [0.3, 0.4) is 0 Å². The number of rotatable bonds is 4. The first kappa shape index (κ1) is 13.0. The fourth-order valence-corrected chi connectivity index (χ4v) is 3.21. The van der Waals surface area contributed by atoms with Crippen molar-refractivity contribution in [2.24, 2.45) is 0 Å². The topological polar surface area (TPSA) is 34.6 Å². The molecule has 2 aliphatic rings. The van der Waals surface area contributed by atoms with E-state index in [-0.39, 0.29) is 0 Å². The highest BCUT2D eigenvalue weighted by atomic mass is 35.5. The van der Waals surface area contributed by atoms with Crippen LogP contribution in [0.1, 0.15) is 19.3 Å². The molecule has 1 aliphatic carbocycles. The van der Waals surface area contributed by atoms with Gasteiger partial charge in [0.2, 0.25) is 6.79 Å². The molecule has 1 aromatic heterocycles. The number of alkyl halides is 1. The van der Waals surface area contributed by atoms with Crippen molar-refractivity contribution in [3.8, 4) is 11.5 Å². The Hall–Kier alpha value is -1.68. The lowest BCUT2D eigenvalue weighted by Crippen LogP contribution is -2.42. The molecule has 1 fully saturated rings. The largest absolute Gasteiger partial charge is 0.454 e. The molecule has 2 heterocycles. The highest BCUT2D eigenvalue weighted by Gasteiger charge is 2.27. The molecular formula is C16H17ClN2O2. The maximum Gasteiger partial charge on any atom is 0.231 e. The summed E-state index contributed by atoms with van der Waals surface area (Å²) in [6.07, 6.45) is 5.60. The Morgan fingerprint density at radius 1 is 1.24 bits per heavy atom. The maximum atomic E-state index is 6.00. The zero-order valence-electron chi connectivity index (χ0n) is 11.7. The van der Waals surface area contributed by atoms with Gasteiger partial charge in [-0.3, -0.25) is 0 Å². The van der Waals surface area contributed by atoms with E-state index in [0.717, 1.165) is 34.6 Å². The second-order valence-corrected chi connectivity index (χ2v) is 5.91. The van der Waals surface area contributed by atoms with Crippen LogP contribution in [0.4, 0.5) is 5.82 Å². The molecule has 5 heteroatoms. The first-order valence-corrected chi connectivity index (χ1v) is 7.91. The van der Waals surface area contributed by atoms with E-state index in [1.54, 1.807) is 0 Å². The van der Waals surface area contributed by atoms with Gasteiger partial charge in [-0.1, -0.05) is 0 Å². The number of nitrogens with zero attached hydrogens (tertiary/aromatic N) is 2. The molecule has 0 N–H and O–H groups in total. The Balaban J connectivity index is 1.83. The van der Waals surface area contributed by atoms with Crippen LogP contribution in [-0.2, 0) is 0 Å². The van der Waals surface area contributed by atoms with Crippen molar-refractivity contribution in [2.45, 2.75) is 25.3 Å². The molecule has 1 aromatic carbocycles. The minimum absolute atomic E-state index is 0.294. The van der Waals surface area contributed by atoms with Gasteiger partial charge in [0.1, 0.15) is 5.82 Å². The molecule has 4 rings (SSSR count). The third kappa shape index (κ3) is 2.18. The summed E-state index contributed by atoms with van der Waals surface area (Å²) in [5, 5.41) is 2.24. The van der Waals surface area contributed by atoms with Crippen molar-refractivity contribution >= 4 is 28.2 Å². The average molecular weight is 305 g/mol. The van der Waals surface area contributed by atoms with Gasteiger partial charge in [0.25, 0.3) is 0 Å². The number of pyridine rings is 1. The van der Waals surface area contributed by atoms with Crippen molar-refractivity contribution in [1.82, 2.24) is 4.98 Å². The third-order valence-corrected chi connectivity index (χ3v) is 4.52. The van der Waals surface area contributed by atoms with E-state index >= 15 is 0 Å². The fraction of sp³-hybridized carbons (Fsp3) is 0.438. The summed E-state index contributed by atoms with van der Waals surface area (Å²) in [5.41, 5.74) is 0. The lowest BCUT2D eigenvalue weighted by atomic mass is 9.91. The standard InChI is InChI=1S/C16H17ClN2O2/c17-5-7-19(12-2-1-3-12)16-13-9-15-14(20-10-21-15)8-11(13)4-6-18-16/h4,6,8-9,12H,1-3,5,7,10H2. The first-order valence-electron chi connectivity index (χ1n) is 7.38. The zero-order chi connectivity index (χ0) is 14.2. The van der Waals surface area contributed by atoms with Crippen LogP contribution in [0, 0.1) is 0 Å². The van der Waals surface area contributed by atoms with Crippen LogP contribution in [0.2, 0.25) is 0 Å². The second-order valence-electron chi connectivity index (χ2n) is 5.53. The van der Waals surface area contributed by atoms with E-state index in [1.807, 2.05) is 24.4 Å². The Kier molecular flexibility index (Phi) is 3.26. The zero-order valence-corrected chi connectivity index (χ0v) is 12.5. The van der Waals surface area contributed by atoms with E-state index < -0.39 is 0 Å². The lowest BCUT2D eigenvalue weighted by molar-refractivity contribution is 0.174. The third-order valence-electron chi connectivity index (χ3n) is 4.35. The van der Waals surface area contributed by atoms with Crippen LogP contribution in [0.25, 0.3) is 10.8 Å². The number of aromatic nitrogens is 1. The Morgan fingerprint density at radius 2 is 2.05 bits per heavy atom. The lowest BCUT2D eigenvalue weighted by Gasteiger charge is -2.38. The van der Waals surface area contributed by atoms with E-state index in [0.29, 0.717) is 18.7 Å². The highest BCUT2D eigenvalue weighted by Crippen LogP contribution is 2.40. The summed E-state index contributed by atoms with van der Waals surface area (Å²) in [7, 11) is 0. The van der Waals surface area contributed by atoms with Gasteiger partial charge in [0.05, 0.1) is 0 Å². The summed E-state index contributed by atoms with van der Waals surface area (Å²) < 4.78 is 11.0. The predicted octanol–water partition coefficient (Wildman–Crippen LogP) is 3.56. The van der Waals surface area contributed by atoms with Crippen LogP contribution >= 0.6 is 11.6 Å². The number of halogens is 1. The van der Waals surface area contributed by atoms with Crippen molar-refractivity contribution in [1.29, 1.82) is 0 Å². The minimum Gasteiger partial charge on any atom is -0.454 e. The second kappa shape index (κ2) is 5.26. The Bertz CT molecular complexity index is 673. The predicted molar refractivity (Wildman–Crippen MR) is 83.6 cm³/mol. The van der Waals surface area contributed by atoms with Crippen molar-refractivity contribution in [3.63, 3.8) is 0 Å². The molecule has 0 amide bonds. The van der Waals surface area contributed by atoms with E-state index in [9.17, 15) is 0 Å². The molecular weight excluding hydrogens is 288 g/mol. The Labute approximate surface area is 128 Å². The maximum absolute atomic E-state index is 6.00. The minimum atomic E-state index is 0.294. The monoisotopic (exact) mass is 304 g/mol. The molecule has 0 spiro atoms. The molecule has 110 valence electrons. The summed E-state index contributed by atoms with van der Waals surface area (Å²) in [5.74, 6) is 3.23. The van der Waals surface area contributed by atoms with Gasteiger partial charge in [-0.25, -0.2) is 4.98 Å². The van der Waals surface area contributed by atoms with Gasteiger partial charge in [-0.15, -0.1) is 11.6 Å². The van der Waals surface area contributed by atoms with Gasteiger partial charge in [-0.05, 0) is 42.8 Å². The van der Waals surface area contributed by atoms with Crippen LogP contribution in [0.5, 0.6) is 11.5 Å². The first-order chi connectivity index (χ1) is 10.4. The molecule has 1 saturated carbocycles. The van der Waals surface area contributed by atoms with Crippen LogP contribution in [0.15, 0.2) is 24.4 Å². The SMILES string of the molecule is ClCCN(c1nccc2cc3c(cc12)OCO3)C1CCC1. The van der Waals surface area contributed by atoms with Gasteiger partial charge in [0, 0.05) is 30.0 Å². The number of ether oxygens (including phenoxy) is 2. The van der Waals surface area contributed by atoms with E-state index in [1.165, 1.54) is 19.3 Å². The molecule has 4 nitrogen and oxygen atoms in total. The smallest absolute Gasteiger partial charge is 0.231 e. The molecule has 0 bridgehead atoms. The summed E-state index contributed by atoms with van der Waals surface area (Å²) in [6, 6.07) is 6.65. The number of hydrogen-bond donors (Lipinski definition) is 0. The molecule has 0 atom stereocenters. The van der Waals surface area contributed by atoms with E-state index in [4.69, 9.17) is 21.1 Å². The molecule has 1 aliphatic heterocycles. The van der Waals surface area contributed by atoms with Crippen molar-refractivity contribution in [2.75, 3.05) is 24.1 Å². The summed E-state index contributed by atoms with van der Waals surface area (Å²) >= 11 is 6.00. The van der Waals surface area contributed by atoms with E-state index in [2.05, 4.69) is 9.88 Å². The average Bonchev–Trinajstić information content (AvgIpc) is 2.89.